The highest BCUT2D eigenvalue weighted by atomic mass is 35.5. The summed E-state index contributed by atoms with van der Waals surface area (Å²) in [6, 6.07) is 11.8. The molecule has 0 bridgehead atoms. The summed E-state index contributed by atoms with van der Waals surface area (Å²) in [6.45, 7) is 2.51. The van der Waals surface area contributed by atoms with Gasteiger partial charge in [0.2, 0.25) is 10.0 Å². The number of carbonyl (C=O) groups is 2. The molecule has 3 rings (SSSR count). The molecule has 2 aromatic carbocycles. The van der Waals surface area contributed by atoms with Crippen LogP contribution in [0.5, 0.6) is 0 Å². The van der Waals surface area contributed by atoms with Gasteiger partial charge in [0, 0.05) is 30.2 Å². The fourth-order valence-electron chi connectivity index (χ4n) is 3.65. The van der Waals surface area contributed by atoms with Gasteiger partial charge < -0.3 is 10.1 Å². The Morgan fingerprint density at radius 3 is 2.36 bits per heavy atom. The number of aryl methyl sites for hydroxylation is 1. The van der Waals surface area contributed by atoms with Gasteiger partial charge in [-0.15, -0.1) is 0 Å². The molecule has 0 atom stereocenters. The maximum atomic E-state index is 12.8. The number of anilines is 1. The van der Waals surface area contributed by atoms with Crippen molar-refractivity contribution >= 4 is 39.2 Å². The molecule has 1 heterocycles. The maximum absolute atomic E-state index is 12.8. The Bertz CT molecular complexity index is 1080. The molecule has 1 aliphatic heterocycles. The highest BCUT2D eigenvalue weighted by molar-refractivity contribution is 7.89. The number of sulfonamides is 1. The summed E-state index contributed by atoms with van der Waals surface area (Å²) < 4.78 is 32.3. The summed E-state index contributed by atoms with van der Waals surface area (Å²) in [6.07, 6.45) is 4.36. The van der Waals surface area contributed by atoms with Crippen LogP contribution in [0.25, 0.3) is 0 Å². The molecule has 33 heavy (non-hydrogen) atoms. The predicted octanol–water partition coefficient (Wildman–Crippen LogP) is 4.33. The lowest BCUT2D eigenvalue weighted by molar-refractivity contribution is -0.147. The molecule has 1 saturated heterocycles. The molecule has 2 aromatic rings. The second-order valence-corrected chi connectivity index (χ2v) is 10.4. The van der Waals surface area contributed by atoms with E-state index in [0.717, 1.165) is 36.8 Å². The monoisotopic (exact) mass is 492 g/mol. The molecule has 7 nitrogen and oxygen atoms in total. The quantitative estimate of drug-likeness (QED) is 0.554. The SMILES string of the molecule is Cc1c(Cl)cccc1NC(=O)COC(=O)CCc1ccc(S(=O)(=O)N2CCCCCC2)cc1. The fraction of sp³-hybridized carbons (Fsp3) is 0.417. The molecule has 0 aliphatic carbocycles. The first kappa shape index (κ1) is 25.2. The zero-order valence-electron chi connectivity index (χ0n) is 18.7. The molecule has 0 radical (unpaired) electrons. The van der Waals surface area contributed by atoms with E-state index in [-0.39, 0.29) is 11.3 Å². The molecule has 1 N–H and O–H groups in total. The number of amides is 1. The minimum absolute atomic E-state index is 0.0850. The van der Waals surface area contributed by atoms with Crippen LogP contribution in [0, 0.1) is 6.92 Å². The first-order valence-corrected chi connectivity index (χ1v) is 12.9. The third-order valence-electron chi connectivity index (χ3n) is 5.65. The number of esters is 1. The van der Waals surface area contributed by atoms with Crippen LogP contribution in [0.15, 0.2) is 47.4 Å². The van der Waals surface area contributed by atoms with Gasteiger partial charge in [-0.1, -0.05) is 42.6 Å². The standard InChI is InChI=1S/C24H29ClN2O5S/c1-18-21(25)7-6-8-22(18)26-23(28)17-32-24(29)14-11-19-9-12-20(13-10-19)33(30,31)27-15-4-2-3-5-16-27/h6-10,12-13H,2-5,11,14-17H2,1H3,(H,26,28). The summed E-state index contributed by atoms with van der Waals surface area (Å²) in [5.74, 6) is -0.953. The molecule has 0 spiro atoms. The van der Waals surface area contributed by atoms with E-state index in [1.807, 2.05) is 0 Å². The van der Waals surface area contributed by atoms with E-state index in [9.17, 15) is 18.0 Å². The molecule has 1 fully saturated rings. The molecular formula is C24H29ClN2O5S. The highest BCUT2D eigenvalue weighted by Gasteiger charge is 2.24. The van der Waals surface area contributed by atoms with Crippen LogP contribution < -0.4 is 5.32 Å². The van der Waals surface area contributed by atoms with E-state index < -0.39 is 28.5 Å². The smallest absolute Gasteiger partial charge is 0.306 e. The number of nitrogens with zero attached hydrogens (tertiary/aromatic N) is 1. The van der Waals surface area contributed by atoms with Gasteiger partial charge in [0.25, 0.3) is 5.91 Å². The second-order valence-electron chi connectivity index (χ2n) is 8.08. The van der Waals surface area contributed by atoms with Gasteiger partial charge in [0.1, 0.15) is 0 Å². The Morgan fingerprint density at radius 1 is 1.03 bits per heavy atom. The van der Waals surface area contributed by atoms with Crippen molar-refractivity contribution in [3.63, 3.8) is 0 Å². The zero-order valence-corrected chi connectivity index (χ0v) is 20.3. The summed E-state index contributed by atoms with van der Waals surface area (Å²) in [5.41, 5.74) is 2.12. The number of nitrogens with one attached hydrogen (secondary N) is 1. The Labute approximate surface area is 200 Å². The maximum Gasteiger partial charge on any atom is 0.306 e. The first-order valence-electron chi connectivity index (χ1n) is 11.1. The van der Waals surface area contributed by atoms with Gasteiger partial charge in [-0.05, 0) is 61.6 Å². The van der Waals surface area contributed by atoms with Crippen molar-refractivity contribution in [1.82, 2.24) is 4.31 Å². The van der Waals surface area contributed by atoms with Crippen LogP contribution in [0.3, 0.4) is 0 Å². The van der Waals surface area contributed by atoms with Crippen LogP contribution in [0.2, 0.25) is 5.02 Å². The van der Waals surface area contributed by atoms with Crippen molar-refractivity contribution in [2.75, 3.05) is 25.0 Å². The summed E-state index contributed by atoms with van der Waals surface area (Å²) in [4.78, 5) is 24.3. The highest BCUT2D eigenvalue weighted by Crippen LogP contribution is 2.23. The van der Waals surface area contributed by atoms with Gasteiger partial charge in [-0.2, -0.15) is 4.31 Å². The van der Waals surface area contributed by atoms with Crippen molar-refractivity contribution in [2.45, 2.75) is 50.3 Å². The van der Waals surface area contributed by atoms with Crippen LogP contribution in [-0.4, -0.2) is 44.3 Å². The Hall–Kier alpha value is -2.42. The molecule has 1 aliphatic rings. The van der Waals surface area contributed by atoms with E-state index in [1.54, 1.807) is 53.7 Å². The third kappa shape index (κ3) is 7.03. The zero-order chi connectivity index (χ0) is 23.8. The third-order valence-corrected chi connectivity index (χ3v) is 7.97. The molecule has 1 amide bonds. The van der Waals surface area contributed by atoms with E-state index in [0.29, 0.717) is 30.2 Å². The van der Waals surface area contributed by atoms with E-state index in [1.165, 1.54) is 0 Å². The Morgan fingerprint density at radius 2 is 1.70 bits per heavy atom. The molecule has 178 valence electrons. The normalized spacial score (nSPS) is 15.0. The largest absolute Gasteiger partial charge is 0.456 e. The van der Waals surface area contributed by atoms with Crippen molar-refractivity contribution in [2.24, 2.45) is 0 Å². The van der Waals surface area contributed by atoms with E-state index in [2.05, 4.69) is 5.32 Å². The van der Waals surface area contributed by atoms with Crippen molar-refractivity contribution in [1.29, 1.82) is 0 Å². The minimum Gasteiger partial charge on any atom is -0.456 e. The number of hydrogen-bond donors (Lipinski definition) is 1. The fourth-order valence-corrected chi connectivity index (χ4v) is 5.34. The summed E-state index contributed by atoms with van der Waals surface area (Å²) in [5, 5.41) is 3.21. The lowest BCUT2D eigenvalue weighted by atomic mass is 10.1. The van der Waals surface area contributed by atoms with Crippen molar-refractivity contribution in [3.8, 4) is 0 Å². The molecule has 0 unspecified atom stereocenters. The van der Waals surface area contributed by atoms with E-state index in [4.69, 9.17) is 16.3 Å². The predicted molar refractivity (Wildman–Crippen MR) is 128 cm³/mol. The molecule has 0 aromatic heterocycles. The Balaban J connectivity index is 1.46. The second kappa shape index (κ2) is 11.6. The van der Waals surface area contributed by atoms with E-state index >= 15 is 0 Å². The van der Waals surface area contributed by atoms with Gasteiger partial charge in [0.15, 0.2) is 6.61 Å². The van der Waals surface area contributed by atoms with Gasteiger partial charge in [-0.25, -0.2) is 8.42 Å². The molecule has 0 saturated carbocycles. The number of halogens is 1. The van der Waals surface area contributed by atoms with Gasteiger partial charge >= 0.3 is 5.97 Å². The van der Waals surface area contributed by atoms with Crippen molar-refractivity contribution in [3.05, 3.63) is 58.6 Å². The average molecular weight is 493 g/mol. The van der Waals surface area contributed by atoms with Crippen LogP contribution >= 0.6 is 11.6 Å². The Kier molecular flexibility index (Phi) is 8.88. The number of carbonyl (C=O) groups excluding carboxylic acids is 2. The lowest BCUT2D eigenvalue weighted by Crippen LogP contribution is -2.31. The summed E-state index contributed by atoms with van der Waals surface area (Å²) in [7, 11) is -3.49. The molecular weight excluding hydrogens is 464 g/mol. The molecule has 9 heteroatoms. The van der Waals surface area contributed by atoms with Crippen LogP contribution in [-0.2, 0) is 30.8 Å². The number of benzene rings is 2. The topological polar surface area (TPSA) is 92.8 Å². The van der Waals surface area contributed by atoms with Gasteiger partial charge in [0.05, 0.1) is 4.90 Å². The average Bonchev–Trinajstić information content (AvgIpc) is 3.10. The van der Waals surface area contributed by atoms with Crippen LogP contribution in [0.1, 0.15) is 43.2 Å². The number of hydrogen-bond acceptors (Lipinski definition) is 5. The lowest BCUT2D eigenvalue weighted by Gasteiger charge is -2.20. The first-order chi connectivity index (χ1) is 15.8. The van der Waals surface area contributed by atoms with Crippen molar-refractivity contribution < 1.29 is 22.7 Å². The van der Waals surface area contributed by atoms with Crippen LogP contribution in [0.4, 0.5) is 5.69 Å². The summed E-state index contributed by atoms with van der Waals surface area (Å²) >= 11 is 6.03. The number of ether oxygens (including phenoxy) is 1. The minimum atomic E-state index is -3.49. The van der Waals surface area contributed by atoms with Gasteiger partial charge in [-0.3, -0.25) is 9.59 Å². The number of rotatable bonds is 8.